The van der Waals surface area contributed by atoms with Gasteiger partial charge in [0, 0.05) is 68.5 Å². The van der Waals surface area contributed by atoms with Crippen LogP contribution >= 0.6 is 0 Å². The van der Waals surface area contributed by atoms with Crippen molar-refractivity contribution in [2.24, 2.45) is 0 Å². The van der Waals surface area contributed by atoms with Crippen molar-refractivity contribution in [1.82, 2.24) is 0 Å². The van der Waals surface area contributed by atoms with Crippen LogP contribution < -0.4 is 20.2 Å². The Kier molecular flexibility index (Phi) is 6.55. The summed E-state index contributed by atoms with van der Waals surface area (Å²) in [5.74, 6) is -0.819. The summed E-state index contributed by atoms with van der Waals surface area (Å²) < 4.78 is 23.4. The predicted molar refractivity (Wildman–Crippen MR) is 173 cm³/mol. The first-order valence-corrected chi connectivity index (χ1v) is 18.3. The number of hydrogen-bond donors (Lipinski definition) is 0. The molecule has 4 heterocycles. The average molecular weight is 613 g/mol. The molecule has 2 saturated heterocycles. The highest BCUT2D eigenvalue weighted by molar-refractivity contribution is 7.01. The maximum atomic E-state index is 13.7. The molecule has 0 unspecified atom stereocenters. The highest BCUT2D eigenvalue weighted by atomic mass is 28.3. The second-order valence-corrected chi connectivity index (χ2v) is 18.3. The second kappa shape index (κ2) is 9.92. The monoisotopic (exact) mass is 612 g/mol. The summed E-state index contributed by atoms with van der Waals surface area (Å²) in [5.41, 5.74) is 3.96. The first kappa shape index (κ1) is 29.1. The van der Waals surface area contributed by atoms with Crippen molar-refractivity contribution in [2.75, 3.05) is 50.2 Å². The number of carbonyl (C=O) groups excluding carboxylic acids is 2. The minimum Gasteiger partial charge on any atom is -0.456 e. The molecule has 9 heteroatoms. The second-order valence-electron chi connectivity index (χ2n) is 13.9. The number of carbonyl (C=O) groups is 2. The first-order valence-electron chi connectivity index (χ1n) is 15.3. The molecule has 7 rings (SSSR count). The number of fused-ring (bicyclic) bond motifs is 6. The summed E-state index contributed by atoms with van der Waals surface area (Å²) in [6.45, 7) is 13.7. The van der Waals surface area contributed by atoms with E-state index in [1.165, 1.54) is 10.4 Å². The molecule has 4 aliphatic rings. The van der Waals surface area contributed by atoms with Crippen molar-refractivity contribution >= 4 is 41.8 Å². The highest BCUT2D eigenvalue weighted by Gasteiger charge is 2.56. The van der Waals surface area contributed by atoms with E-state index in [1.807, 2.05) is 20.8 Å². The Hall–Kier alpha value is -3.66. The van der Waals surface area contributed by atoms with Crippen LogP contribution in [0.4, 0.5) is 11.4 Å². The van der Waals surface area contributed by atoms with Crippen molar-refractivity contribution in [2.45, 2.75) is 57.3 Å². The number of rotatable bonds is 5. The Morgan fingerprint density at radius 2 is 1.34 bits per heavy atom. The zero-order chi connectivity index (χ0) is 31.2. The van der Waals surface area contributed by atoms with Crippen LogP contribution in [0.5, 0.6) is 0 Å². The maximum Gasteiger partial charge on any atom is 0.340 e. The SMILES string of the molecule is COC1CN(c2ccc3c(c2)[Si](C)(C)c2cc(N4CC(OC)C4)ccc2C32OC(=O)c3ccc(C(=O)OC(C)(C)C)cc32)C1. The van der Waals surface area contributed by atoms with Gasteiger partial charge in [-0.25, -0.2) is 9.59 Å². The summed E-state index contributed by atoms with van der Waals surface area (Å²) in [4.78, 5) is 31.6. The van der Waals surface area contributed by atoms with Gasteiger partial charge in [-0.2, -0.15) is 0 Å². The molecule has 8 nitrogen and oxygen atoms in total. The highest BCUT2D eigenvalue weighted by Crippen LogP contribution is 2.50. The van der Waals surface area contributed by atoms with E-state index in [0.717, 1.165) is 48.7 Å². The zero-order valence-corrected chi connectivity index (χ0v) is 27.5. The van der Waals surface area contributed by atoms with Crippen LogP contribution in [-0.4, -0.2) is 78.2 Å². The molecule has 3 aromatic carbocycles. The Morgan fingerprint density at radius 1 is 0.818 bits per heavy atom. The maximum absolute atomic E-state index is 13.7. The largest absolute Gasteiger partial charge is 0.456 e. The molecule has 230 valence electrons. The van der Waals surface area contributed by atoms with Gasteiger partial charge in [-0.3, -0.25) is 0 Å². The summed E-state index contributed by atoms with van der Waals surface area (Å²) in [5, 5.41) is 2.45. The smallest absolute Gasteiger partial charge is 0.340 e. The van der Waals surface area contributed by atoms with Gasteiger partial charge in [-0.05, 0) is 73.6 Å². The van der Waals surface area contributed by atoms with Gasteiger partial charge in [0.05, 0.1) is 23.3 Å². The van der Waals surface area contributed by atoms with Crippen molar-refractivity contribution < 1.29 is 28.5 Å². The molecule has 0 N–H and O–H groups in total. The van der Waals surface area contributed by atoms with Crippen molar-refractivity contribution in [3.63, 3.8) is 0 Å². The third-order valence-electron chi connectivity index (χ3n) is 9.70. The van der Waals surface area contributed by atoms with Crippen LogP contribution in [0, 0.1) is 0 Å². The molecule has 1 spiro atoms. The van der Waals surface area contributed by atoms with E-state index >= 15 is 0 Å². The summed E-state index contributed by atoms with van der Waals surface area (Å²) in [6, 6.07) is 18.3. The molecule has 0 radical (unpaired) electrons. The lowest BCUT2D eigenvalue weighted by molar-refractivity contribution is 0.00691. The Bertz CT molecular complexity index is 1610. The quantitative estimate of drug-likeness (QED) is 0.317. The summed E-state index contributed by atoms with van der Waals surface area (Å²) >= 11 is 0. The van der Waals surface area contributed by atoms with Gasteiger partial charge in [0.2, 0.25) is 0 Å². The van der Waals surface area contributed by atoms with Crippen LogP contribution in [0.3, 0.4) is 0 Å². The van der Waals surface area contributed by atoms with Crippen molar-refractivity contribution in [3.05, 3.63) is 82.4 Å². The molecule has 0 aliphatic carbocycles. The molecule has 0 aromatic heterocycles. The number of nitrogens with zero attached hydrogens (tertiary/aromatic N) is 2. The number of hydrogen-bond acceptors (Lipinski definition) is 8. The van der Waals surface area contributed by atoms with E-state index < -0.39 is 31.2 Å². The van der Waals surface area contributed by atoms with E-state index in [9.17, 15) is 9.59 Å². The Balaban J connectivity index is 1.43. The van der Waals surface area contributed by atoms with Gasteiger partial charge < -0.3 is 28.7 Å². The molecule has 0 bridgehead atoms. The van der Waals surface area contributed by atoms with E-state index in [1.54, 1.807) is 32.4 Å². The third kappa shape index (κ3) is 4.31. The molecule has 2 fully saturated rings. The Labute approximate surface area is 259 Å². The molecular weight excluding hydrogens is 572 g/mol. The van der Waals surface area contributed by atoms with Crippen molar-refractivity contribution in [3.8, 4) is 0 Å². The van der Waals surface area contributed by atoms with Crippen LogP contribution in [0.2, 0.25) is 13.1 Å². The lowest BCUT2D eigenvalue weighted by Crippen LogP contribution is -2.64. The fourth-order valence-electron chi connectivity index (χ4n) is 7.12. The number of esters is 2. The van der Waals surface area contributed by atoms with E-state index in [2.05, 4.69) is 59.3 Å². The van der Waals surface area contributed by atoms with Crippen LogP contribution in [0.25, 0.3) is 0 Å². The normalized spacial score (nSPS) is 19.9. The summed E-state index contributed by atoms with van der Waals surface area (Å²) in [7, 11) is 1.20. The van der Waals surface area contributed by atoms with Crippen LogP contribution in [0.1, 0.15) is 58.2 Å². The number of methoxy groups -OCH3 is 2. The van der Waals surface area contributed by atoms with Gasteiger partial charge in [0.15, 0.2) is 5.60 Å². The van der Waals surface area contributed by atoms with Gasteiger partial charge in [0.25, 0.3) is 0 Å². The minimum absolute atomic E-state index is 0.229. The fourth-order valence-corrected chi connectivity index (χ4v) is 10.3. The molecule has 0 saturated carbocycles. The standard InChI is InChI=1S/C35H40N2O6Si/c1-34(2,3)42-32(38)21-8-11-26-29(14-21)35(43-33(26)39)27-12-9-22(36-17-24(18-36)40-4)15-30(27)44(6,7)31-16-23(10-13-28(31)35)37-19-25(20-37)41-5/h8-16,24-25H,17-20H2,1-7H3. The molecule has 4 aliphatic heterocycles. The molecule has 3 aromatic rings. The number of anilines is 2. The van der Waals surface area contributed by atoms with Gasteiger partial charge in [-0.15, -0.1) is 0 Å². The fraction of sp³-hybridized carbons (Fsp3) is 0.429. The average Bonchev–Trinajstić information content (AvgIpc) is 3.22. The lowest BCUT2D eigenvalue weighted by atomic mass is 9.78. The van der Waals surface area contributed by atoms with Crippen molar-refractivity contribution in [1.29, 1.82) is 0 Å². The zero-order valence-electron chi connectivity index (χ0n) is 26.5. The van der Waals surface area contributed by atoms with Crippen LogP contribution in [-0.2, 0) is 24.5 Å². The Morgan fingerprint density at radius 3 is 1.82 bits per heavy atom. The molecule has 44 heavy (non-hydrogen) atoms. The topological polar surface area (TPSA) is 77.5 Å². The van der Waals surface area contributed by atoms with Gasteiger partial charge in [-0.1, -0.05) is 25.2 Å². The number of ether oxygens (including phenoxy) is 4. The molecule has 0 atom stereocenters. The van der Waals surface area contributed by atoms with Gasteiger partial charge in [0.1, 0.15) is 13.7 Å². The lowest BCUT2D eigenvalue weighted by Gasteiger charge is -2.46. The van der Waals surface area contributed by atoms with E-state index in [4.69, 9.17) is 18.9 Å². The molecule has 0 amide bonds. The first-order chi connectivity index (χ1) is 20.9. The predicted octanol–water partition coefficient (Wildman–Crippen LogP) is 3.91. The summed E-state index contributed by atoms with van der Waals surface area (Å²) in [6.07, 6.45) is 0.458. The molecular formula is C35H40N2O6Si. The number of benzene rings is 3. The third-order valence-corrected chi connectivity index (χ3v) is 13.2. The van der Waals surface area contributed by atoms with E-state index in [-0.39, 0.29) is 12.2 Å². The van der Waals surface area contributed by atoms with E-state index in [0.29, 0.717) is 16.7 Å². The minimum atomic E-state index is -2.32. The van der Waals surface area contributed by atoms with Crippen LogP contribution in [0.15, 0.2) is 54.6 Å². The van der Waals surface area contributed by atoms with Gasteiger partial charge >= 0.3 is 11.9 Å².